The number of aromatic amines is 1. The van der Waals surface area contributed by atoms with Gasteiger partial charge in [0.15, 0.2) is 0 Å². The quantitative estimate of drug-likeness (QED) is 0.231. The maximum Gasteiger partial charge on any atom is 0.339 e. The zero-order chi connectivity index (χ0) is 27.9. The lowest BCUT2D eigenvalue weighted by molar-refractivity contribution is 0.102. The third-order valence-electron chi connectivity index (χ3n) is 6.77. The van der Waals surface area contributed by atoms with Crippen LogP contribution < -0.4 is 9.50 Å². The van der Waals surface area contributed by atoms with E-state index in [-0.39, 0.29) is 16.6 Å². The van der Waals surface area contributed by atoms with Crippen molar-refractivity contribution in [2.24, 2.45) is 0 Å². The molecule has 8 heteroatoms. The van der Waals surface area contributed by atoms with E-state index >= 15 is 0 Å². The van der Waals surface area contributed by atoms with Crippen molar-refractivity contribution in [3.63, 3.8) is 0 Å². The molecular weight excluding hydrogens is 510 g/mol. The average Bonchev–Trinajstić information content (AvgIpc) is 3.28. The van der Waals surface area contributed by atoms with Crippen LogP contribution in [0.2, 0.25) is 0 Å². The summed E-state index contributed by atoms with van der Waals surface area (Å²) in [6.45, 7) is 9.69. The second kappa shape index (κ2) is 10.0. The standard InChI is InChI=1S/C31H29N3O4S/c1-18-6-11-26(12-7-18)39(36,37)38-25-15-21(4)29(22(5)16-25)30-33-27-13-9-23(17-28(27)34-30)31(35)32-24-10-8-19(2)20(3)14-24/h6-17H,1-5H3,(H,32,35)(H,33,34). The van der Waals surface area contributed by atoms with Crippen LogP contribution in [0.5, 0.6) is 5.75 Å². The Labute approximate surface area is 228 Å². The van der Waals surface area contributed by atoms with Gasteiger partial charge >= 0.3 is 10.1 Å². The number of hydrogen-bond donors (Lipinski definition) is 2. The second-order valence-corrected chi connectivity index (χ2v) is 11.4. The molecule has 0 unspecified atom stereocenters. The van der Waals surface area contributed by atoms with Gasteiger partial charge in [-0.1, -0.05) is 23.8 Å². The molecule has 0 aliphatic heterocycles. The fourth-order valence-corrected chi connectivity index (χ4v) is 5.43. The van der Waals surface area contributed by atoms with Crippen molar-refractivity contribution in [2.75, 3.05) is 5.32 Å². The molecule has 1 aromatic heterocycles. The van der Waals surface area contributed by atoms with Crippen LogP contribution in [-0.2, 0) is 10.1 Å². The molecule has 0 aliphatic carbocycles. The predicted octanol–water partition coefficient (Wildman–Crippen LogP) is 6.79. The highest BCUT2D eigenvalue weighted by Crippen LogP contribution is 2.32. The summed E-state index contributed by atoms with van der Waals surface area (Å²) in [7, 11) is -3.96. The number of aromatic nitrogens is 2. The van der Waals surface area contributed by atoms with E-state index in [9.17, 15) is 13.2 Å². The zero-order valence-corrected chi connectivity index (χ0v) is 23.2. The Kier molecular flexibility index (Phi) is 6.74. The van der Waals surface area contributed by atoms with Gasteiger partial charge in [-0.3, -0.25) is 4.79 Å². The number of nitrogens with zero attached hydrogens (tertiary/aromatic N) is 1. The van der Waals surface area contributed by atoms with Crippen LogP contribution in [0.25, 0.3) is 22.4 Å². The molecule has 0 atom stereocenters. The molecule has 0 saturated carbocycles. The van der Waals surface area contributed by atoms with Crippen molar-refractivity contribution in [1.29, 1.82) is 0 Å². The van der Waals surface area contributed by atoms with Crippen molar-refractivity contribution < 1.29 is 17.4 Å². The number of anilines is 1. The Balaban J connectivity index is 1.40. The summed E-state index contributed by atoms with van der Waals surface area (Å²) in [4.78, 5) is 21.0. The van der Waals surface area contributed by atoms with Gasteiger partial charge in [0.05, 0.1) is 11.0 Å². The predicted molar refractivity (Wildman–Crippen MR) is 154 cm³/mol. The number of aryl methyl sites for hydroxylation is 5. The Morgan fingerprint density at radius 3 is 2.15 bits per heavy atom. The van der Waals surface area contributed by atoms with E-state index in [1.807, 2.05) is 52.8 Å². The van der Waals surface area contributed by atoms with Crippen LogP contribution in [0, 0.1) is 34.6 Å². The molecule has 4 aromatic carbocycles. The molecule has 0 spiro atoms. The van der Waals surface area contributed by atoms with E-state index in [2.05, 4.69) is 10.3 Å². The fourth-order valence-electron chi connectivity index (χ4n) is 4.52. The Bertz CT molecular complexity index is 1820. The number of nitrogens with one attached hydrogen (secondary N) is 2. The monoisotopic (exact) mass is 539 g/mol. The van der Waals surface area contributed by atoms with E-state index in [1.54, 1.807) is 42.5 Å². The molecule has 5 rings (SSSR count). The summed E-state index contributed by atoms with van der Waals surface area (Å²) >= 11 is 0. The van der Waals surface area contributed by atoms with Crippen molar-refractivity contribution in [3.05, 3.63) is 106 Å². The number of carbonyl (C=O) groups excluding carboxylic acids is 1. The number of H-pyrrole nitrogens is 1. The Morgan fingerprint density at radius 1 is 0.795 bits per heavy atom. The Hall–Kier alpha value is -4.43. The van der Waals surface area contributed by atoms with Gasteiger partial charge in [-0.2, -0.15) is 8.42 Å². The minimum atomic E-state index is -3.96. The van der Waals surface area contributed by atoms with Gasteiger partial charge in [0, 0.05) is 16.8 Å². The Morgan fingerprint density at radius 2 is 1.49 bits per heavy atom. The van der Waals surface area contributed by atoms with Crippen LogP contribution in [-0.4, -0.2) is 24.3 Å². The largest absolute Gasteiger partial charge is 0.379 e. The van der Waals surface area contributed by atoms with Gasteiger partial charge in [-0.05, 0) is 111 Å². The second-order valence-electron chi connectivity index (χ2n) is 9.85. The highest BCUT2D eigenvalue weighted by atomic mass is 32.2. The first-order chi connectivity index (χ1) is 18.5. The average molecular weight is 540 g/mol. The van der Waals surface area contributed by atoms with Crippen LogP contribution in [0.1, 0.15) is 38.2 Å². The topological polar surface area (TPSA) is 101 Å². The van der Waals surface area contributed by atoms with E-state index in [1.165, 1.54) is 12.1 Å². The molecule has 5 aromatic rings. The first-order valence-electron chi connectivity index (χ1n) is 12.5. The van der Waals surface area contributed by atoms with Crippen LogP contribution in [0.3, 0.4) is 0 Å². The summed E-state index contributed by atoms with van der Waals surface area (Å²) in [5, 5.41) is 2.95. The van der Waals surface area contributed by atoms with E-state index in [4.69, 9.17) is 9.17 Å². The number of benzene rings is 4. The van der Waals surface area contributed by atoms with Crippen molar-refractivity contribution in [3.8, 4) is 17.1 Å². The summed E-state index contributed by atoms with van der Waals surface area (Å²) in [5.41, 5.74) is 8.37. The SMILES string of the molecule is Cc1ccc(S(=O)(=O)Oc2cc(C)c(-c3nc4ccc(C(=O)Nc5ccc(C)c(C)c5)cc4[nH]3)c(C)c2)cc1. The molecule has 0 aliphatic rings. The van der Waals surface area contributed by atoms with Gasteiger partial charge < -0.3 is 14.5 Å². The number of hydrogen-bond acceptors (Lipinski definition) is 5. The lowest BCUT2D eigenvalue weighted by Crippen LogP contribution is -2.11. The van der Waals surface area contributed by atoms with Gasteiger partial charge in [0.2, 0.25) is 0 Å². The molecule has 0 saturated heterocycles. The van der Waals surface area contributed by atoms with Gasteiger partial charge in [-0.25, -0.2) is 4.98 Å². The number of rotatable bonds is 6. The van der Waals surface area contributed by atoms with Crippen molar-refractivity contribution in [1.82, 2.24) is 9.97 Å². The zero-order valence-electron chi connectivity index (χ0n) is 22.4. The maximum absolute atomic E-state index is 12.9. The van der Waals surface area contributed by atoms with Crippen LogP contribution in [0.15, 0.2) is 77.7 Å². The third kappa shape index (κ3) is 5.42. The van der Waals surface area contributed by atoms with Gasteiger partial charge in [0.25, 0.3) is 5.91 Å². The molecule has 0 fully saturated rings. The summed E-state index contributed by atoms with van der Waals surface area (Å²) in [6.07, 6.45) is 0. The summed E-state index contributed by atoms with van der Waals surface area (Å²) < 4.78 is 31.0. The molecule has 2 N–H and O–H groups in total. The molecule has 0 radical (unpaired) electrons. The van der Waals surface area contributed by atoms with Gasteiger partial charge in [0.1, 0.15) is 16.5 Å². The normalized spacial score (nSPS) is 11.5. The minimum absolute atomic E-state index is 0.0992. The van der Waals surface area contributed by atoms with Crippen LogP contribution >= 0.6 is 0 Å². The van der Waals surface area contributed by atoms with Crippen LogP contribution in [0.4, 0.5) is 5.69 Å². The molecule has 39 heavy (non-hydrogen) atoms. The number of carbonyl (C=O) groups is 1. The number of fused-ring (bicyclic) bond motifs is 1. The first kappa shape index (κ1) is 26.2. The molecule has 1 heterocycles. The molecule has 198 valence electrons. The van der Waals surface area contributed by atoms with E-state index in [0.29, 0.717) is 16.9 Å². The molecule has 1 amide bonds. The number of imidazole rings is 1. The summed E-state index contributed by atoms with van der Waals surface area (Å²) in [5.74, 6) is 0.648. The number of amides is 1. The maximum atomic E-state index is 12.9. The smallest absolute Gasteiger partial charge is 0.339 e. The molecule has 7 nitrogen and oxygen atoms in total. The van der Waals surface area contributed by atoms with E-state index in [0.717, 1.165) is 44.6 Å². The molecule has 0 bridgehead atoms. The minimum Gasteiger partial charge on any atom is -0.379 e. The molecular formula is C31H29N3O4S. The lowest BCUT2D eigenvalue weighted by Gasteiger charge is -2.12. The highest BCUT2D eigenvalue weighted by molar-refractivity contribution is 7.87. The highest BCUT2D eigenvalue weighted by Gasteiger charge is 2.19. The lowest BCUT2D eigenvalue weighted by atomic mass is 10.0. The fraction of sp³-hybridized carbons (Fsp3) is 0.161. The van der Waals surface area contributed by atoms with E-state index < -0.39 is 10.1 Å². The van der Waals surface area contributed by atoms with Crippen molar-refractivity contribution in [2.45, 2.75) is 39.5 Å². The van der Waals surface area contributed by atoms with Crippen molar-refractivity contribution >= 4 is 32.7 Å². The first-order valence-corrected chi connectivity index (χ1v) is 13.9. The third-order valence-corrected chi connectivity index (χ3v) is 8.03. The summed E-state index contributed by atoms with van der Waals surface area (Å²) in [6, 6.07) is 21.0. The van der Waals surface area contributed by atoms with Gasteiger partial charge in [-0.15, -0.1) is 0 Å².